The maximum Gasteiger partial charge on any atom is 0.268 e. The topological polar surface area (TPSA) is 102 Å². The van der Waals surface area contributed by atoms with E-state index in [1.807, 2.05) is 18.2 Å². The van der Waals surface area contributed by atoms with Crippen LogP contribution >= 0.6 is 0 Å². The molecule has 1 aromatic heterocycles. The van der Waals surface area contributed by atoms with Gasteiger partial charge in [0.05, 0.1) is 12.4 Å². The van der Waals surface area contributed by atoms with E-state index in [-0.39, 0.29) is 17.3 Å². The summed E-state index contributed by atoms with van der Waals surface area (Å²) in [6.45, 7) is 4.25. The third-order valence-corrected chi connectivity index (χ3v) is 4.77. The van der Waals surface area contributed by atoms with E-state index >= 15 is 0 Å². The molecule has 1 unspecified atom stereocenters. The molecule has 7 nitrogen and oxygen atoms in total. The number of amides is 1. The molecule has 1 amide bonds. The van der Waals surface area contributed by atoms with Crippen LogP contribution in [0, 0.1) is 0 Å². The molecule has 1 atom stereocenters. The second-order valence-electron chi connectivity index (χ2n) is 6.68. The molecule has 2 heterocycles. The minimum absolute atomic E-state index is 0.127. The summed E-state index contributed by atoms with van der Waals surface area (Å²) in [5.41, 5.74) is 6.55. The van der Waals surface area contributed by atoms with Gasteiger partial charge in [0.2, 0.25) is 0 Å². The quantitative estimate of drug-likeness (QED) is 0.701. The van der Waals surface area contributed by atoms with Crippen molar-refractivity contribution in [2.75, 3.05) is 25.1 Å². The zero-order valence-corrected chi connectivity index (χ0v) is 14.9. The van der Waals surface area contributed by atoms with Crippen molar-refractivity contribution in [1.82, 2.24) is 15.3 Å². The predicted molar refractivity (Wildman–Crippen MR) is 99.8 cm³/mol. The molecule has 138 valence electrons. The molecular weight excluding hydrogens is 330 g/mol. The van der Waals surface area contributed by atoms with E-state index < -0.39 is 5.91 Å². The normalized spacial score (nSPS) is 17.4. The lowest BCUT2D eigenvalue weighted by Crippen LogP contribution is -2.54. The SMILES string of the molecule is CC(NC1(CNc2cncc(C(N)=O)n2)CCOCC1)c1ccccc1. The molecular formula is C19H25N5O2. The number of anilines is 1. The first-order valence-electron chi connectivity index (χ1n) is 8.84. The van der Waals surface area contributed by atoms with Gasteiger partial charge in [0.15, 0.2) is 0 Å². The molecule has 2 aromatic rings. The number of primary amides is 1. The fourth-order valence-corrected chi connectivity index (χ4v) is 3.25. The molecule has 0 saturated carbocycles. The molecule has 3 rings (SSSR count). The summed E-state index contributed by atoms with van der Waals surface area (Å²) in [6, 6.07) is 10.6. The minimum atomic E-state index is -0.585. The summed E-state index contributed by atoms with van der Waals surface area (Å²) in [6.07, 6.45) is 4.74. The predicted octanol–water partition coefficient (Wildman–Crippen LogP) is 1.89. The molecule has 0 bridgehead atoms. The van der Waals surface area contributed by atoms with Crippen LogP contribution in [0.4, 0.5) is 5.82 Å². The lowest BCUT2D eigenvalue weighted by Gasteiger charge is -2.40. The van der Waals surface area contributed by atoms with Gasteiger partial charge in [0.25, 0.3) is 5.91 Å². The number of hydrogen-bond acceptors (Lipinski definition) is 6. The van der Waals surface area contributed by atoms with Crippen molar-refractivity contribution < 1.29 is 9.53 Å². The van der Waals surface area contributed by atoms with Crippen molar-refractivity contribution in [3.8, 4) is 0 Å². The number of nitrogens with zero attached hydrogens (tertiary/aromatic N) is 2. The Morgan fingerprint density at radius 3 is 2.69 bits per heavy atom. The summed E-state index contributed by atoms with van der Waals surface area (Å²) in [4.78, 5) is 19.5. The molecule has 26 heavy (non-hydrogen) atoms. The lowest BCUT2D eigenvalue weighted by molar-refractivity contribution is 0.0389. The molecule has 1 saturated heterocycles. The lowest BCUT2D eigenvalue weighted by atomic mass is 9.88. The molecule has 1 aromatic carbocycles. The Morgan fingerprint density at radius 1 is 1.27 bits per heavy atom. The third kappa shape index (κ3) is 4.56. The van der Waals surface area contributed by atoms with Gasteiger partial charge in [-0.1, -0.05) is 30.3 Å². The van der Waals surface area contributed by atoms with Crippen LogP contribution in [0.5, 0.6) is 0 Å². The molecule has 1 aliphatic heterocycles. The molecule has 0 radical (unpaired) electrons. The van der Waals surface area contributed by atoms with E-state index in [1.165, 1.54) is 11.8 Å². The van der Waals surface area contributed by atoms with Crippen molar-refractivity contribution in [1.29, 1.82) is 0 Å². The van der Waals surface area contributed by atoms with Crippen LogP contribution in [0.15, 0.2) is 42.7 Å². The van der Waals surface area contributed by atoms with Gasteiger partial charge in [-0.3, -0.25) is 9.78 Å². The van der Waals surface area contributed by atoms with E-state index in [4.69, 9.17) is 10.5 Å². The van der Waals surface area contributed by atoms with E-state index in [0.717, 1.165) is 12.8 Å². The Morgan fingerprint density at radius 2 is 2.00 bits per heavy atom. The van der Waals surface area contributed by atoms with Gasteiger partial charge in [-0.15, -0.1) is 0 Å². The number of nitrogens with two attached hydrogens (primary N) is 1. The molecule has 0 spiro atoms. The number of carbonyl (C=O) groups excluding carboxylic acids is 1. The van der Waals surface area contributed by atoms with Crippen molar-refractivity contribution in [2.45, 2.75) is 31.3 Å². The summed E-state index contributed by atoms with van der Waals surface area (Å²) in [7, 11) is 0. The number of hydrogen-bond donors (Lipinski definition) is 3. The van der Waals surface area contributed by atoms with E-state index in [0.29, 0.717) is 25.6 Å². The number of rotatable bonds is 7. The van der Waals surface area contributed by atoms with Crippen LogP contribution in [0.2, 0.25) is 0 Å². The maximum atomic E-state index is 11.3. The highest BCUT2D eigenvalue weighted by molar-refractivity contribution is 5.90. The van der Waals surface area contributed by atoms with Crippen molar-refractivity contribution in [2.24, 2.45) is 5.73 Å². The number of aromatic nitrogens is 2. The monoisotopic (exact) mass is 355 g/mol. The molecule has 0 aliphatic carbocycles. The van der Waals surface area contributed by atoms with Gasteiger partial charge in [-0.05, 0) is 25.3 Å². The number of carbonyl (C=O) groups is 1. The summed E-state index contributed by atoms with van der Waals surface area (Å²) in [5, 5.41) is 7.08. The van der Waals surface area contributed by atoms with Gasteiger partial charge in [0.1, 0.15) is 11.5 Å². The highest BCUT2D eigenvalue weighted by Crippen LogP contribution is 2.26. The first kappa shape index (κ1) is 18.3. The zero-order chi connectivity index (χ0) is 18.4. The van der Waals surface area contributed by atoms with Gasteiger partial charge in [0, 0.05) is 31.3 Å². The van der Waals surface area contributed by atoms with Crippen LogP contribution in [-0.4, -0.2) is 41.2 Å². The van der Waals surface area contributed by atoms with E-state index in [9.17, 15) is 4.79 Å². The Hall–Kier alpha value is -2.51. The van der Waals surface area contributed by atoms with Crippen molar-refractivity contribution in [3.63, 3.8) is 0 Å². The number of nitrogens with one attached hydrogen (secondary N) is 2. The van der Waals surface area contributed by atoms with Crippen LogP contribution in [0.25, 0.3) is 0 Å². The summed E-state index contributed by atoms with van der Waals surface area (Å²) >= 11 is 0. The molecule has 7 heteroatoms. The first-order valence-corrected chi connectivity index (χ1v) is 8.84. The van der Waals surface area contributed by atoms with Gasteiger partial charge in [-0.2, -0.15) is 0 Å². The fourth-order valence-electron chi connectivity index (χ4n) is 3.25. The van der Waals surface area contributed by atoms with E-state index in [2.05, 4.69) is 39.7 Å². The average Bonchev–Trinajstić information content (AvgIpc) is 2.68. The number of ether oxygens (including phenoxy) is 1. The third-order valence-electron chi connectivity index (χ3n) is 4.77. The van der Waals surface area contributed by atoms with Gasteiger partial charge < -0.3 is 21.1 Å². The standard InChI is InChI=1S/C19H25N5O2/c1-14(15-5-3-2-4-6-15)24-19(7-9-26-10-8-19)13-22-17-12-21-11-16(23-17)18(20)25/h2-6,11-12,14,24H,7-10,13H2,1H3,(H2,20,25)(H,22,23). The largest absolute Gasteiger partial charge is 0.381 e. The molecule has 1 fully saturated rings. The summed E-state index contributed by atoms with van der Waals surface area (Å²) < 4.78 is 5.56. The first-order chi connectivity index (χ1) is 12.6. The van der Waals surface area contributed by atoms with Gasteiger partial charge >= 0.3 is 0 Å². The maximum absolute atomic E-state index is 11.3. The second kappa shape index (κ2) is 8.25. The van der Waals surface area contributed by atoms with Crippen LogP contribution in [0.3, 0.4) is 0 Å². The highest BCUT2D eigenvalue weighted by atomic mass is 16.5. The van der Waals surface area contributed by atoms with Gasteiger partial charge in [-0.25, -0.2) is 4.98 Å². The Bertz CT molecular complexity index is 732. The number of benzene rings is 1. The smallest absolute Gasteiger partial charge is 0.268 e. The van der Waals surface area contributed by atoms with Crippen molar-refractivity contribution >= 4 is 11.7 Å². The Balaban J connectivity index is 1.71. The van der Waals surface area contributed by atoms with Crippen LogP contribution in [0.1, 0.15) is 41.9 Å². The summed E-state index contributed by atoms with van der Waals surface area (Å²) in [5.74, 6) is -0.0425. The van der Waals surface area contributed by atoms with Crippen LogP contribution < -0.4 is 16.4 Å². The average molecular weight is 355 g/mol. The van der Waals surface area contributed by atoms with Crippen LogP contribution in [-0.2, 0) is 4.74 Å². The Kier molecular flexibility index (Phi) is 5.80. The fraction of sp³-hybridized carbons (Fsp3) is 0.421. The zero-order valence-electron chi connectivity index (χ0n) is 14.9. The van der Waals surface area contributed by atoms with Crippen molar-refractivity contribution in [3.05, 3.63) is 54.0 Å². The highest BCUT2D eigenvalue weighted by Gasteiger charge is 2.34. The second-order valence-corrected chi connectivity index (χ2v) is 6.68. The van der Waals surface area contributed by atoms with E-state index in [1.54, 1.807) is 6.20 Å². The minimum Gasteiger partial charge on any atom is -0.381 e. The molecule has 4 N–H and O–H groups in total. The molecule has 1 aliphatic rings. The Labute approximate surface area is 153 Å².